The Labute approximate surface area is 155 Å². The fourth-order valence-corrected chi connectivity index (χ4v) is 3.38. The minimum absolute atomic E-state index is 0.186. The van der Waals surface area contributed by atoms with E-state index in [1.807, 2.05) is 30.3 Å². The Kier molecular flexibility index (Phi) is 4.12. The number of aromatic nitrogens is 3. The van der Waals surface area contributed by atoms with Crippen LogP contribution in [0.4, 0.5) is 0 Å². The van der Waals surface area contributed by atoms with E-state index in [1.165, 1.54) is 12.1 Å². The molecule has 0 aliphatic heterocycles. The van der Waals surface area contributed by atoms with Crippen LogP contribution in [-0.4, -0.2) is 30.0 Å². The molecule has 4 aromatic rings. The summed E-state index contributed by atoms with van der Waals surface area (Å²) in [4.78, 5) is 0.186. The van der Waals surface area contributed by atoms with E-state index in [0.717, 1.165) is 11.8 Å². The van der Waals surface area contributed by atoms with Crippen LogP contribution in [0.1, 0.15) is 5.76 Å². The first-order chi connectivity index (χ1) is 12.9. The molecule has 2 aromatic heterocycles. The second kappa shape index (κ2) is 6.48. The van der Waals surface area contributed by atoms with Crippen LogP contribution in [0.2, 0.25) is 0 Å². The van der Waals surface area contributed by atoms with Crippen LogP contribution < -0.4 is 0 Å². The number of hydrogen-bond donors (Lipinski definition) is 0. The molecule has 2 aromatic carbocycles. The summed E-state index contributed by atoms with van der Waals surface area (Å²) < 4.78 is 34.7. The number of sulfone groups is 1. The van der Waals surface area contributed by atoms with Gasteiger partial charge in [0, 0.05) is 17.4 Å². The lowest BCUT2D eigenvalue weighted by molar-refractivity contribution is 0.399. The van der Waals surface area contributed by atoms with Gasteiger partial charge in [-0.1, -0.05) is 41.6 Å². The molecular weight excluding hydrogens is 366 g/mol. The summed E-state index contributed by atoms with van der Waals surface area (Å²) in [5.41, 5.74) is 2.60. The number of rotatable bonds is 4. The van der Waals surface area contributed by atoms with Gasteiger partial charge in [-0.15, -0.1) is 10.2 Å². The molecule has 0 spiro atoms. The third-order valence-corrected chi connectivity index (χ3v) is 5.17. The third-order valence-electron chi connectivity index (χ3n) is 4.06. The highest BCUT2D eigenvalue weighted by Gasteiger charge is 2.22. The van der Waals surface area contributed by atoms with Crippen LogP contribution >= 0.6 is 0 Å². The van der Waals surface area contributed by atoms with Crippen LogP contribution in [0.25, 0.3) is 34.2 Å². The third kappa shape index (κ3) is 3.26. The van der Waals surface area contributed by atoms with Crippen LogP contribution in [0.3, 0.4) is 0 Å². The predicted molar refractivity (Wildman–Crippen MR) is 98.5 cm³/mol. The molecule has 0 N–H and O–H groups in total. The monoisotopic (exact) mass is 381 g/mol. The van der Waals surface area contributed by atoms with Crippen molar-refractivity contribution in [3.63, 3.8) is 0 Å². The van der Waals surface area contributed by atoms with Gasteiger partial charge in [0.15, 0.2) is 9.84 Å². The van der Waals surface area contributed by atoms with Crippen molar-refractivity contribution < 1.29 is 17.4 Å². The first kappa shape index (κ1) is 17.2. The highest BCUT2D eigenvalue weighted by Crippen LogP contribution is 2.34. The summed E-state index contributed by atoms with van der Waals surface area (Å²) in [6.07, 6.45) is 1.15. The average Bonchev–Trinajstić information content (AvgIpc) is 3.28. The Hall–Kier alpha value is -3.26. The fourth-order valence-electron chi connectivity index (χ4n) is 2.72. The SMILES string of the molecule is Cc1onc(-c2ccccc2)c1-c1nnc(-c2cccc(S(C)(=O)=O)c2)o1. The van der Waals surface area contributed by atoms with Crippen molar-refractivity contribution in [2.24, 2.45) is 0 Å². The van der Waals surface area contributed by atoms with Gasteiger partial charge in [0.25, 0.3) is 5.89 Å². The topological polar surface area (TPSA) is 99.1 Å². The highest BCUT2D eigenvalue weighted by atomic mass is 32.2. The molecule has 0 radical (unpaired) electrons. The number of benzene rings is 2. The molecule has 4 rings (SSSR count). The van der Waals surface area contributed by atoms with Gasteiger partial charge in [-0.25, -0.2) is 8.42 Å². The Balaban J connectivity index is 1.78. The molecule has 8 heteroatoms. The zero-order valence-corrected chi connectivity index (χ0v) is 15.4. The molecule has 0 aliphatic carbocycles. The van der Waals surface area contributed by atoms with Crippen molar-refractivity contribution in [2.45, 2.75) is 11.8 Å². The Morgan fingerprint density at radius 3 is 2.33 bits per heavy atom. The Morgan fingerprint density at radius 2 is 1.59 bits per heavy atom. The van der Waals surface area contributed by atoms with Crippen LogP contribution in [-0.2, 0) is 9.84 Å². The molecule has 0 aliphatic rings. The summed E-state index contributed by atoms with van der Waals surface area (Å²) in [6.45, 7) is 1.77. The zero-order chi connectivity index (χ0) is 19.0. The smallest absolute Gasteiger partial charge is 0.254 e. The number of nitrogens with zero attached hydrogens (tertiary/aromatic N) is 3. The molecule has 0 saturated heterocycles. The van der Waals surface area contributed by atoms with E-state index >= 15 is 0 Å². The summed E-state index contributed by atoms with van der Waals surface area (Å²) >= 11 is 0. The average molecular weight is 381 g/mol. The molecule has 7 nitrogen and oxygen atoms in total. The second-order valence-corrected chi connectivity index (χ2v) is 8.06. The Bertz CT molecular complexity index is 1210. The molecule has 136 valence electrons. The first-order valence-corrected chi connectivity index (χ1v) is 9.98. The molecule has 27 heavy (non-hydrogen) atoms. The lowest BCUT2D eigenvalue weighted by atomic mass is 10.1. The quantitative estimate of drug-likeness (QED) is 0.530. The lowest BCUT2D eigenvalue weighted by Crippen LogP contribution is -1.96. The normalized spacial score (nSPS) is 11.6. The maximum absolute atomic E-state index is 11.8. The van der Waals surface area contributed by atoms with E-state index < -0.39 is 9.84 Å². The van der Waals surface area contributed by atoms with Gasteiger partial charge in [0.05, 0.1) is 4.90 Å². The van der Waals surface area contributed by atoms with Crippen molar-refractivity contribution in [3.8, 4) is 34.2 Å². The van der Waals surface area contributed by atoms with Gasteiger partial charge < -0.3 is 8.94 Å². The van der Waals surface area contributed by atoms with E-state index in [1.54, 1.807) is 19.1 Å². The van der Waals surface area contributed by atoms with Gasteiger partial charge in [0.2, 0.25) is 5.89 Å². The number of hydrogen-bond acceptors (Lipinski definition) is 7. The van der Waals surface area contributed by atoms with Crippen LogP contribution in [0.15, 0.2) is 68.4 Å². The minimum Gasteiger partial charge on any atom is -0.416 e. The maximum Gasteiger partial charge on any atom is 0.254 e. The van der Waals surface area contributed by atoms with Gasteiger partial charge in [-0.2, -0.15) is 0 Å². The van der Waals surface area contributed by atoms with Gasteiger partial charge in [0.1, 0.15) is 17.0 Å². The molecule has 0 saturated carbocycles. The van der Waals surface area contributed by atoms with Crippen LogP contribution in [0.5, 0.6) is 0 Å². The molecule has 2 heterocycles. The van der Waals surface area contributed by atoms with Crippen molar-refractivity contribution >= 4 is 9.84 Å². The summed E-state index contributed by atoms with van der Waals surface area (Å²) in [7, 11) is -3.33. The molecule has 0 bridgehead atoms. The number of aryl methyl sites for hydroxylation is 1. The van der Waals surface area contributed by atoms with E-state index in [9.17, 15) is 8.42 Å². The zero-order valence-electron chi connectivity index (χ0n) is 14.6. The van der Waals surface area contributed by atoms with E-state index in [-0.39, 0.29) is 16.7 Å². The van der Waals surface area contributed by atoms with E-state index in [0.29, 0.717) is 22.6 Å². The molecular formula is C19H15N3O4S. The second-order valence-electron chi connectivity index (χ2n) is 6.04. The van der Waals surface area contributed by atoms with Crippen molar-refractivity contribution in [2.75, 3.05) is 6.26 Å². The minimum atomic E-state index is -3.33. The highest BCUT2D eigenvalue weighted by molar-refractivity contribution is 7.90. The standard InChI is InChI=1S/C19H15N3O4S/c1-12-16(17(22-26-12)13-7-4-3-5-8-13)19-21-20-18(25-19)14-9-6-10-15(11-14)27(2,23)24/h3-11H,1-2H3. The summed E-state index contributed by atoms with van der Waals surface area (Å²) in [6, 6.07) is 15.9. The van der Waals surface area contributed by atoms with Crippen molar-refractivity contribution in [3.05, 3.63) is 60.4 Å². The van der Waals surface area contributed by atoms with Crippen molar-refractivity contribution in [1.82, 2.24) is 15.4 Å². The fraction of sp³-hybridized carbons (Fsp3) is 0.105. The largest absolute Gasteiger partial charge is 0.416 e. The summed E-state index contributed by atoms with van der Waals surface area (Å²) in [5.74, 6) is 1.02. The molecule has 0 atom stereocenters. The van der Waals surface area contributed by atoms with Gasteiger partial charge in [-0.05, 0) is 25.1 Å². The van der Waals surface area contributed by atoms with Crippen molar-refractivity contribution in [1.29, 1.82) is 0 Å². The van der Waals surface area contributed by atoms with E-state index in [2.05, 4.69) is 15.4 Å². The van der Waals surface area contributed by atoms with Gasteiger partial charge in [-0.3, -0.25) is 0 Å². The molecule has 0 fully saturated rings. The predicted octanol–water partition coefficient (Wildman–Crippen LogP) is 3.77. The first-order valence-electron chi connectivity index (χ1n) is 8.09. The maximum atomic E-state index is 11.8. The van der Waals surface area contributed by atoms with E-state index in [4.69, 9.17) is 8.94 Å². The summed E-state index contributed by atoms with van der Waals surface area (Å²) in [5, 5.41) is 12.3. The Morgan fingerprint density at radius 1 is 0.889 bits per heavy atom. The van der Waals surface area contributed by atoms with Crippen LogP contribution in [0, 0.1) is 6.92 Å². The lowest BCUT2D eigenvalue weighted by Gasteiger charge is -2.00. The molecule has 0 amide bonds. The van der Waals surface area contributed by atoms with Gasteiger partial charge >= 0.3 is 0 Å². The molecule has 0 unspecified atom stereocenters.